The van der Waals surface area contributed by atoms with Crippen molar-refractivity contribution in [2.45, 2.75) is 13.8 Å². The van der Waals surface area contributed by atoms with Gasteiger partial charge in [-0.15, -0.1) is 11.3 Å². The summed E-state index contributed by atoms with van der Waals surface area (Å²) in [5.41, 5.74) is 4.25. The number of nitrogens with zero attached hydrogens (tertiary/aromatic N) is 5. The molecule has 3 heterocycles. The fraction of sp³-hybridized carbons (Fsp3) is 0.115. The number of hydrogen-bond donors (Lipinski definition) is 0. The Kier molecular flexibility index (Phi) is 6.27. The molecule has 0 aliphatic rings. The first kappa shape index (κ1) is 23.1. The molecule has 0 aliphatic heterocycles. The van der Waals surface area contributed by atoms with E-state index in [1.807, 2.05) is 97.7 Å². The van der Waals surface area contributed by atoms with Crippen LogP contribution in [0.25, 0.3) is 16.9 Å². The second kappa shape index (κ2) is 9.52. The lowest BCUT2D eigenvalue weighted by Crippen LogP contribution is -2.20. The quantitative estimate of drug-likeness (QED) is 0.258. The van der Waals surface area contributed by atoms with E-state index in [1.54, 1.807) is 15.6 Å². The van der Waals surface area contributed by atoms with Gasteiger partial charge in [-0.05, 0) is 50.2 Å². The van der Waals surface area contributed by atoms with Crippen LogP contribution in [0, 0.1) is 6.92 Å². The molecule has 0 unspecified atom stereocenters. The molecule has 0 atom stereocenters. The standard InChI is InChI=1S/C26H22BrN5O2S/c1-17(23-13-8-14-34-23)29-31-22(19-9-7-10-20(27)15-19)16-35-26(31)28-24-18(2)30(3)32(25(24)33)21-11-5-4-6-12-21/h4-16H,1-3H3. The van der Waals surface area contributed by atoms with Crippen LogP contribution in [0.3, 0.4) is 0 Å². The van der Waals surface area contributed by atoms with Crippen LogP contribution in [0.15, 0.2) is 102 Å². The molecule has 2 aromatic carbocycles. The number of benzene rings is 2. The summed E-state index contributed by atoms with van der Waals surface area (Å²) in [5.74, 6) is 0.664. The van der Waals surface area contributed by atoms with E-state index >= 15 is 0 Å². The average Bonchev–Trinajstić information content (AvgIpc) is 3.57. The number of aromatic nitrogens is 3. The minimum atomic E-state index is -0.188. The fourth-order valence-corrected chi connectivity index (χ4v) is 5.02. The highest BCUT2D eigenvalue weighted by atomic mass is 79.9. The van der Waals surface area contributed by atoms with Crippen LogP contribution in [-0.4, -0.2) is 19.8 Å². The lowest BCUT2D eigenvalue weighted by molar-refractivity contribution is 0.556. The topological polar surface area (TPSA) is 69.7 Å². The zero-order valence-corrected chi connectivity index (χ0v) is 21.7. The molecule has 0 saturated carbocycles. The lowest BCUT2D eigenvalue weighted by atomic mass is 10.2. The number of rotatable bonds is 5. The highest BCUT2D eigenvalue weighted by Crippen LogP contribution is 2.25. The smallest absolute Gasteiger partial charge is 0.297 e. The van der Waals surface area contributed by atoms with Gasteiger partial charge in [0.1, 0.15) is 11.5 Å². The van der Waals surface area contributed by atoms with Crippen LogP contribution in [0.2, 0.25) is 0 Å². The van der Waals surface area contributed by atoms with Crippen molar-refractivity contribution in [3.63, 3.8) is 0 Å². The first-order chi connectivity index (χ1) is 16.9. The molecule has 5 aromatic rings. The number of thiazole rings is 1. The Morgan fingerprint density at radius 3 is 2.57 bits per heavy atom. The monoisotopic (exact) mass is 547 g/mol. The third-order valence-corrected chi connectivity index (χ3v) is 6.97. The predicted molar refractivity (Wildman–Crippen MR) is 143 cm³/mol. The van der Waals surface area contributed by atoms with Gasteiger partial charge >= 0.3 is 0 Å². The normalized spacial score (nSPS) is 12.5. The first-order valence-electron chi connectivity index (χ1n) is 10.9. The summed E-state index contributed by atoms with van der Waals surface area (Å²) in [6, 6.07) is 21.2. The summed E-state index contributed by atoms with van der Waals surface area (Å²) in [7, 11) is 1.86. The van der Waals surface area contributed by atoms with Crippen LogP contribution in [0.5, 0.6) is 0 Å². The number of para-hydroxylation sites is 1. The molecule has 176 valence electrons. The summed E-state index contributed by atoms with van der Waals surface area (Å²) >= 11 is 4.98. The maximum Gasteiger partial charge on any atom is 0.297 e. The third kappa shape index (κ3) is 4.40. The van der Waals surface area contributed by atoms with Gasteiger partial charge in [-0.3, -0.25) is 9.48 Å². The maximum absolute atomic E-state index is 13.4. The Bertz CT molecular complexity index is 1650. The van der Waals surface area contributed by atoms with Crippen LogP contribution in [0.4, 0.5) is 5.69 Å². The molecule has 0 N–H and O–H groups in total. The van der Waals surface area contributed by atoms with E-state index in [9.17, 15) is 4.79 Å². The van der Waals surface area contributed by atoms with Crippen molar-refractivity contribution < 1.29 is 4.42 Å². The van der Waals surface area contributed by atoms with E-state index < -0.39 is 0 Å². The van der Waals surface area contributed by atoms with E-state index in [0.717, 1.165) is 27.1 Å². The van der Waals surface area contributed by atoms with Gasteiger partial charge in [-0.1, -0.05) is 46.3 Å². The number of halogens is 1. The Morgan fingerprint density at radius 1 is 1.06 bits per heavy atom. The molecule has 0 saturated heterocycles. The highest BCUT2D eigenvalue weighted by Gasteiger charge is 2.17. The zero-order valence-electron chi connectivity index (χ0n) is 19.3. The summed E-state index contributed by atoms with van der Waals surface area (Å²) in [4.78, 5) is 18.9. The first-order valence-corrected chi connectivity index (χ1v) is 12.6. The van der Waals surface area contributed by atoms with E-state index in [2.05, 4.69) is 15.9 Å². The van der Waals surface area contributed by atoms with Gasteiger partial charge in [0.05, 0.1) is 23.3 Å². The molecular weight excluding hydrogens is 526 g/mol. The van der Waals surface area contributed by atoms with Gasteiger partial charge < -0.3 is 4.42 Å². The molecule has 7 nitrogen and oxygen atoms in total. The third-order valence-electron chi connectivity index (χ3n) is 5.66. The van der Waals surface area contributed by atoms with Gasteiger partial charge in [-0.2, -0.15) is 5.10 Å². The molecule has 0 amide bonds. The van der Waals surface area contributed by atoms with E-state index in [1.165, 1.54) is 11.3 Å². The Labute approximate surface area is 214 Å². The molecule has 0 fully saturated rings. The SMILES string of the molecule is CC(=Nn1c(-c2cccc(Br)c2)csc1=Nc1c(C)n(C)n(-c2ccccc2)c1=O)c1ccco1. The van der Waals surface area contributed by atoms with Crippen molar-refractivity contribution in [3.8, 4) is 16.9 Å². The van der Waals surface area contributed by atoms with Crippen molar-refractivity contribution in [3.05, 3.63) is 109 Å². The summed E-state index contributed by atoms with van der Waals surface area (Å²) in [6.45, 7) is 3.78. The lowest BCUT2D eigenvalue weighted by Gasteiger charge is -2.07. The number of hydrogen-bond acceptors (Lipinski definition) is 5. The van der Waals surface area contributed by atoms with Crippen LogP contribution >= 0.6 is 27.3 Å². The Morgan fingerprint density at radius 2 is 1.86 bits per heavy atom. The largest absolute Gasteiger partial charge is 0.463 e. The predicted octanol–water partition coefficient (Wildman–Crippen LogP) is 5.87. The van der Waals surface area contributed by atoms with Gasteiger partial charge in [-0.25, -0.2) is 14.4 Å². The zero-order chi connectivity index (χ0) is 24.5. The van der Waals surface area contributed by atoms with Gasteiger partial charge in [0.25, 0.3) is 5.56 Å². The molecule has 3 aromatic heterocycles. The van der Waals surface area contributed by atoms with Crippen LogP contribution in [-0.2, 0) is 7.05 Å². The van der Waals surface area contributed by atoms with Crippen molar-refractivity contribution in [2.75, 3.05) is 0 Å². The van der Waals surface area contributed by atoms with Crippen molar-refractivity contribution in [1.82, 2.24) is 14.0 Å². The number of furan rings is 1. The minimum Gasteiger partial charge on any atom is -0.463 e. The average molecular weight is 548 g/mol. The summed E-state index contributed by atoms with van der Waals surface area (Å²) in [6.07, 6.45) is 1.62. The molecule has 9 heteroatoms. The Hall–Kier alpha value is -3.69. The highest BCUT2D eigenvalue weighted by molar-refractivity contribution is 9.10. The van der Waals surface area contributed by atoms with E-state index in [0.29, 0.717) is 22.0 Å². The molecule has 0 bridgehead atoms. The second-order valence-corrected chi connectivity index (χ2v) is 9.66. The van der Waals surface area contributed by atoms with Crippen molar-refractivity contribution in [1.29, 1.82) is 0 Å². The Balaban J connectivity index is 1.74. The van der Waals surface area contributed by atoms with E-state index in [-0.39, 0.29) is 5.56 Å². The minimum absolute atomic E-state index is 0.188. The molecule has 0 radical (unpaired) electrons. The van der Waals surface area contributed by atoms with Crippen LogP contribution < -0.4 is 10.4 Å². The second-order valence-electron chi connectivity index (χ2n) is 7.91. The molecule has 0 spiro atoms. The summed E-state index contributed by atoms with van der Waals surface area (Å²) in [5, 5.41) is 6.83. The molecule has 0 aliphatic carbocycles. The molecule has 35 heavy (non-hydrogen) atoms. The molecular formula is C26H22BrN5O2S. The summed E-state index contributed by atoms with van der Waals surface area (Å²) < 4.78 is 11.7. The molecule has 5 rings (SSSR count). The van der Waals surface area contributed by atoms with Gasteiger partial charge in [0, 0.05) is 22.5 Å². The van der Waals surface area contributed by atoms with Gasteiger partial charge in [0.15, 0.2) is 5.69 Å². The van der Waals surface area contributed by atoms with Gasteiger partial charge in [0.2, 0.25) is 4.80 Å². The van der Waals surface area contributed by atoms with Crippen molar-refractivity contribution in [2.24, 2.45) is 17.1 Å². The van der Waals surface area contributed by atoms with Crippen molar-refractivity contribution >= 4 is 38.7 Å². The van der Waals surface area contributed by atoms with E-state index in [4.69, 9.17) is 14.5 Å². The van der Waals surface area contributed by atoms with Crippen LogP contribution in [0.1, 0.15) is 18.4 Å². The maximum atomic E-state index is 13.4. The fourth-order valence-electron chi connectivity index (χ4n) is 3.78.